The van der Waals surface area contributed by atoms with Crippen molar-refractivity contribution in [3.8, 4) is 0 Å². The molecule has 2 heteroatoms. The van der Waals surface area contributed by atoms with Crippen molar-refractivity contribution in [2.24, 2.45) is 0 Å². The van der Waals surface area contributed by atoms with Crippen molar-refractivity contribution in [1.29, 1.82) is 0 Å². The van der Waals surface area contributed by atoms with Crippen LogP contribution >= 0.6 is 0 Å². The van der Waals surface area contributed by atoms with Gasteiger partial charge >= 0.3 is 0 Å². The van der Waals surface area contributed by atoms with Gasteiger partial charge in [0.05, 0.1) is 0 Å². The predicted molar refractivity (Wildman–Crippen MR) is 52.0 cm³/mol. The predicted octanol–water partition coefficient (Wildman–Crippen LogP) is 2.23. The van der Waals surface area contributed by atoms with Crippen LogP contribution in [0.5, 0.6) is 0 Å². The highest BCUT2D eigenvalue weighted by atomic mass is 16.2. The van der Waals surface area contributed by atoms with Crippen LogP contribution in [0, 0.1) is 0 Å². The summed E-state index contributed by atoms with van der Waals surface area (Å²) in [5, 5.41) is 0. The van der Waals surface area contributed by atoms with Gasteiger partial charge in [-0.05, 0) is 31.8 Å². The summed E-state index contributed by atoms with van der Waals surface area (Å²) in [6.45, 7) is 0.912. The first-order valence-electron chi connectivity index (χ1n) is 5.05. The van der Waals surface area contributed by atoms with E-state index in [1.54, 1.807) is 0 Å². The molecular weight excluding hydrogens is 162 g/mol. The molecule has 13 heavy (non-hydrogen) atoms. The summed E-state index contributed by atoms with van der Waals surface area (Å²) < 4.78 is 0. The summed E-state index contributed by atoms with van der Waals surface area (Å²) in [7, 11) is 0. The average molecular weight is 177 g/mol. The molecule has 1 aliphatic carbocycles. The molecule has 0 saturated carbocycles. The Bertz CT molecular complexity index is 265. The van der Waals surface area contributed by atoms with Crippen molar-refractivity contribution in [2.45, 2.75) is 32.1 Å². The van der Waals surface area contributed by atoms with E-state index in [9.17, 15) is 4.79 Å². The van der Waals surface area contributed by atoms with Crippen molar-refractivity contribution in [3.63, 3.8) is 0 Å². The fourth-order valence-electron chi connectivity index (χ4n) is 1.88. The summed E-state index contributed by atoms with van der Waals surface area (Å²) >= 11 is 0. The third kappa shape index (κ3) is 1.82. The number of piperidine rings is 1. The third-order valence-corrected chi connectivity index (χ3v) is 2.61. The van der Waals surface area contributed by atoms with E-state index in [0.717, 1.165) is 44.3 Å². The standard InChI is InChI=1S/C11H15NO/c13-11-8-4-5-9-12(11)10-6-2-1-3-7-10/h2,6-7H,1,3-5,8-9H2. The molecule has 0 atom stereocenters. The van der Waals surface area contributed by atoms with Crippen LogP contribution in [0.2, 0.25) is 0 Å². The van der Waals surface area contributed by atoms with E-state index in [1.807, 2.05) is 4.90 Å². The summed E-state index contributed by atoms with van der Waals surface area (Å²) in [6.07, 6.45) is 11.5. The number of carbonyl (C=O) groups excluding carboxylic acids is 1. The SMILES string of the molecule is O=C1CCCCN1C1=CCCC=C1. The maximum absolute atomic E-state index is 11.5. The molecule has 0 unspecified atom stereocenters. The number of hydrogen-bond donors (Lipinski definition) is 0. The molecule has 0 aromatic heterocycles. The molecular formula is C11H15NO. The van der Waals surface area contributed by atoms with Crippen LogP contribution in [-0.4, -0.2) is 17.4 Å². The molecule has 70 valence electrons. The van der Waals surface area contributed by atoms with Crippen molar-refractivity contribution >= 4 is 5.91 Å². The van der Waals surface area contributed by atoms with Crippen LogP contribution in [0.4, 0.5) is 0 Å². The molecule has 0 bridgehead atoms. The fourth-order valence-corrected chi connectivity index (χ4v) is 1.88. The summed E-state index contributed by atoms with van der Waals surface area (Å²) in [6, 6.07) is 0. The Hall–Kier alpha value is -1.05. The Morgan fingerprint density at radius 3 is 2.85 bits per heavy atom. The maximum atomic E-state index is 11.5. The number of nitrogens with zero attached hydrogens (tertiary/aromatic N) is 1. The molecule has 1 aliphatic heterocycles. The van der Waals surface area contributed by atoms with Gasteiger partial charge in [0.1, 0.15) is 0 Å². The van der Waals surface area contributed by atoms with Gasteiger partial charge in [0.15, 0.2) is 0 Å². The van der Waals surface area contributed by atoms with Crippen LogP contribution < -0.4 is 0 Å². The van der Waals surface area contributed by atoms with E-state index in [0.29, 0.717) is 5.91 Å². The summed E-state index contributed by atoms with van der Waals surface area (Å²) in [4.78, 5) is 13.5. The van der Waals surface area contributed by atoms with E-state index in [2.05, 4.69) is 18.2 Å². The average Bonchev–Trinajstić information content (AvgIpc) is 2.20. The van der Waals surface area contributed by atoms with Gasteiger partial charge in [0.25, 0.3) is 0 Å². The zero-order chi connectivity index (χ0) is 9.10. The maximum Gasteiger partial charge on any atom is 0.226 e. The lowest BCUT2D eigenvalue weighted by Gasteiger charge is -2.28. The van der Waals surface area contributed by atoms with E-state index in [1.165, 1.54) is 0 Å². The Labute approximate surface area is 78.9 Å². The lowest BCUT2D eigenvalue weighted by Crippen LogP contribution is -2.34. The van der Waals surface area contributed by atoms with Gasteiger partial charge in [-0.25, -0.2) is 0 Å². The third-order valence-electron chi connectivity index (χ3n) is 2.61. The minimum Gasteiger partial charge on any atom is -0.313 e. The normalized spacial score (nSPS) is 23.2. The quantitative estimate of drug-likeness (QED) is 0.601. The van der Waals surface area contributed by atoms with Gasteiger partial charge in [0.2, 0.25) is 5.91 Å². The molecule has 1 fully saturated rings. The summed E-state index contributed by atoms with van der Waals surface area (Å²) in [5.41, 5.74) is 1.12. The van der Waals surface area contributed by atoms with Crippen LogP contribution in [0.1, 0.15) is 32.1 Å². The zero-order valence-corrected chi connectivity index (χ0v) is 7.83. The number of hydrogen-bond acceptors (Lipinski definition) is 1. The van der Waals surface area contributed by atoms with Gasteiger partial charge in [0, 0.05) is 18.7 Å². The van der Waals surface area contributed by atoms with Crippen LogP contribution in [-0.2, 0) is 4.79 Å². The van der Waals surface area contributed by atoms with E-state index < -0.39 is 0 Å². The number of allylic oxidation sites excluding steroid dienone is 3. The minimum atomic E-state index is 0.295. The molecule has 1 heterocycles. The molecule has 0 radical (unpaired) electrons. The Morgan fingerprint density at radius 1 is 1.23 bits per heavy atom. The molecule has 2 rings (SSSR count). The van der Waals surface area contributed by atoms with Gasteiger partial charge in [-0.2, -0.15) is 0 Å². The number of amides is 1. The highest BCUT2D eigenvalue weighted by Crippen LogP contribution is 2.20. The Morgan fingerprint density at radius 2 is 2.15 bits per heavy atom. The first-order valence-corrected chi connectivity index (χ1v) is 5.05. The van der Waals surface area contributed by atoms with Gasteiger partial charge in [-0.1, -0.05) is 12.2 Å². The zero-order valence-electron chi connectivity index (χ0n) is 7.83. The Balaban J connectivity index is 2.09. The largest absolute Gasteiger partial charge is 0.313 e. The molecule has 0 aromatic rings. The molecule has 2 aliphatic rings. The van der Waals surface area contributed by atoms with Crippen molar-refractivity contribution in [2.75, 3.05) is 6.54 Å². The second-order valence-corrected chi connectivity index (χ2v) is 3.61. The van der Waals surface area contributed by atoms with Gasteiger partial charge in [-0.15, -0.1) is 0 Å². The minimum absolute atomic E-state index is 0.295. The van der Waals surface area contributed by atoms with Gasteiger partial charge < -0.3 is 4.90 Å². The monoisotopic (exact) mass is 177 g/mol. The van der Waals surface area contributed by atoms with E-state index in [4.69, 9.17) is 0 Å². The molecule has 1 saturated heterocycles. The smallest absolute Gasteiger partial charge is 0.226 e. The first-order chi connectivity index (χ1) is 6.38. The lowest BCUT2D eigenvalue weighted by atomic mass is 10.1. The molecule has 0 aromatic carbocycles. The lowest BCUT2D eigenvalue weighted by molar-refractivity contribution is -0.130. The highest BCUT2D eigenvalue weighted by molar-refractivity contribution is 5.79. The van der Waals surface area contributed by atoms with E-state index in [-0.39, 0.29) is 0 Å². The van der Waals surface area contributed by atoms with Crippen LogP contribution in [0.25, 0.3) is 0 Å². The van der Waals surface area contributed by atoms with Crippen molar-refractivity contribution < 1.29 is 4.79 Å². The molecule has 1 amide bonds. The second kappa shape index (κ2) is 3.77. The molecule has 2 nitrogen and oxygen atoms in total. The van der Waals surface area contributed by atoms with Crippen LogP contribution in [0.15, 0.2) is 23.9 Å². The topological polar surface area (TPSA) is 20.3 Å². The van der Waals surface area contributed by atoms with Crippen molar-refractivity contribution in [1.82, 2.24) is 4.90 Å². The highest BCUT2D eigenvalue weighted by Gasteiger charge is 2.20. The molecule has 0 N–H and O–H groups in total. The van der Waals surface area contributed by atoms with Crippen molar-refractivity contribution in [3.05, 3.63) is 23.9 Å². The fraction of sp³-hybridized carbons (Fsp3) is 0.545. The van der Waals surface area contributed by atoms with Crippen LogP contribution in [0.3, 0.4) is 0 Å². The Kier molecular flexibility index (Phi) is 2.48. The first kappa shape index (κ1) is 8.54. The molecule has 0 spiro atoms. The van der Waals surface area contributed by atoms with E-state index >= 15 is 0 Å². The number of carbonyl (C=O) groups is 1. The number of likely N-dealkylation sites (tertiary alicyclic amines) is 1. The summed E-state index contributed by atoms with van der Waals surface area (Å²) in [5.74, 6) is 0.295. The second-order valence-electron chi connectivity index (χ2n) is 3.61. The number of rotatable bonds is 1. The van der Waals surface area contributed by atoms with Gasteiger partial charge in [-0.3, -0.25) is 4.79 Å².